The summed E-state index contributed by atoms with van der Waals surface area (Å²) in [5.74, 6) is -0.174. The third kappa shape index (κ3) is 5.79. The third-order valence-electron chi connectivity index (χ3n) is 8.76. The standard InChI is InChI=1S/C31H39ClN8O5/c1-30(2,3)45-29(43)39-12-6-10-31(39)11-13-38(27(31)42)22-8-9-24(33)35-21(22)17-37(4)26(41)23-15-19-16-34-28(32)36-25(19)40(23)20-7-5-14-44-18-20/h8-9,15-16,20H,5-7,10-14,17-18H2,1-4H3,(H2,33,35). The zero-order valence-electron chi connectivity index (χ0n) is 26.1. The van der Waals surface area contributed by atoms with E-state index < -0.39 is 17.2 Å². The van der Waals surface area contributed by atoms with Gasteiger partial charge in [0, 0.05) is 38.3 Å². The number of nitrogens with zero attached hydrogens (tertiary/aromatic N) is 7. The summed E-state index contributed by atoms with van der Waals surface area (Å²) in [7, 11) is 1.68. The van der Waals surface area contributed by atoms with Gasteiger partial charge in [-0.25, -0.2) is 14.8 Å². The Morgan fingerprint density at radius 3 is 2.73 bits per heavy atom. The number of carbonyl (C=O) groups excluding carboxylic acids is 3. The number of nitrogen functional groups attached to an aromatic ring is 1. The minimum Gasteiger partial charge on any atom is -0.444 e. The van der Waals surface area contributed by atoms with Crippen LogP contribution in [0.5, 0.6) is 0 Å². The molecule has 3 aromatic heterocycles. The van der Waals surface area contributed by atoms with Crippen LogP contribution in [0.4, 0.5) is 16.3 Å². The Kier molecular flexibility index (Phi) is 8.10. The Morgan fingerprint density at radius 2 is 2.00 bits per heavy atom. The fraction of sp³-hybridized carbons (Fsp3) is 0.548. The Labute approximate surface area is 266 Å². The summed E-state index contributed by atoms with van der Waals surface area (Å²) in [6, 6.07) is 5.08. The fourth-order valence-corrected chi connectivity index (χ4v) is 6.87. The number of hydrogen-bond donors (Lipinski definition) is 1. The van der Waals surface area contributed by atoms with Gasteiger partial charge in [-0.2, -0.15) is 4.98 Å². The van der Waals surface area contributed by atoms with E-state index in [-0.39, 0.29) is 35.5 Å². The van der Waals surface area contributed by atoms with E-state index in [2.05, 4.69) is 15.0 Å². The lowest BCUT2D eigenvalue weighted by Gasteiger charge is -2.35. The van der Waals surface area contributed by atoms with E-state index in [0.717, 1.165) is 12.8 Å². The van der Waals surface area contributed by atoms with Crippen LogP contribution in [0, 0.1) is 0 Å². The van der Waals surface area contributed by atoms with Gasteiger partial charge in [0.25, 0.3) is 11.8 Å². The largest absolute Gasteiger partial charge is 0.444 e. The van der Waals surface area contributed by atoms with Crippen LogP contribution in [0.25, 0.3) is 11.0 Å². The quantitative estimate of drug-likeness (QED) is 0.406. The highest BCUT2D eigenvalue weighted by Crippen LogP contribution is 2.42. The number of fused-ring (bicyclic) bond motifs is 1. The Morgan fingerprint density at radius 1 is 1.20 bits per heavy atom. The topological polar surface area (TPSA) is 149 Å². The summed E-state index contributed by atoms with van der Waals surface area (Å²) in [6.45, 7) is 7.49. The highest BCUT2D eigenvalue weighted by molar-refractivity contribution is 6.28. The predicted octanol–water partition coefficient (Wildman–Crippen LogP) is 4.19. The summed E-state index contributed by atoms with van der Waals surface area (Å²) in [5.41, 5.74) is 6.49. The minimum absolute atomic E-state index is 0.0842. The van der Waals surface area contributed by atoms with Gasteiger partial charge in [-0.3, -0.25) is 14.5 Å². The van der Waals surface area contributed by atoms with Crippen LogP contribution in [0.3, 0.4) is 0 Å². The normalized spacial score (nSPS) is 22.1. The molecule has 3 aliphatic heterocycles. The van der Waals surface area contributed by atoms with Crippen LogP contribution in [0.1, 0.15) is 75.1 Å². The second-order valence-electron chi connectivity index (χ2n) is 13.0. The van der Waals surface area contributed by atoms with E-state index in [4.69, 9.17) is 26.8 Å². The maximum Gasteiger partial charge on any atom is 0.411 e. The molecule has 3 fully saturated rings. The zero-order valence-corrected chi connectivity index (χ0v) is 26.8. The second-order valence-corrected chi connectivity index (χ2v) is 13.4. The Hall–Kier alpha value is -3.97. The number of rotatable bonds is 5. The van der Waals surface area contributed by atoms with E-state index in [1.165, 1.54) is 0 Å². The van der Waals surface area contributed by atoms with E-state index in [9.17, 15) is 14.4 Å². The van der Waals surface area contributed by atoms with Crippen LogP contribution in [-0.4, -0.2) is 91.7 Å². The number of aromatic nitrogens is 4. The van der Waals surface area contributed by atoms with Crippen LogP contribution in [0.15, 0.2) is 24.4 Å². The SMILES string of the molecule is CN(Cc1nc(N)ccc1N1CCC2(CCCN2C(=O)OC(C)(C)C)C1=O)C(=O)c1cc2cnc(Cl)nc2n1C1CCCOC1. The Balaban J connectivity index is 1.28. The number of carbonyl (C=O) groups is 3. The molecule has 45 heavy (non-hydrogen) atoms. The van der Waals surface area contributed by atoms with Crippen LogP contribution < -0.4 is 10.6 Å². The molecule has 3 aliphatic rings. The molecule has 0 bridgehead atoms. The summed E-state index contributed by atoms with van der Waals surface area (Å²) in [4.78, 5) is 59.3. The molecule has 2 atom stereocenters. The molecular formula is C31H39ClN8O5. The third-order valence-corrected chi connectivity index (χ3v) is 8.94. The number of amides is 3. The number of pyridine rings is 1. The predicted molar refractivity (Wildman–Crippen MR) is 168 cm³/mol. The van der Waals surface area contributed by atoms with Crippen molar-refractivity contribution in [2.75, 3.05) is 44.0 Å². The lowest BCUT2D eigenvalue weighted by atomic mass is 9.94. The molecule has 3 saturated heterocycles. The fourth-order valence-electron chi connectivity index (χ4n) is 6.74. The van der Waals surface area contributed by atoms with Crippen molar-refractivity contribution in [1.82, 2.24) is 29.3 Å². The molecule has 6 heterocycles. The number of halogens is 1. The number of anilines is 2. The lowest BCUT2D eigenvalue weighted by molar-refractivity contribution is -0.126. The van der Waals surface area contributed by atoms with Crippen molar-refractivity contribution < 1.29 is 23.9 Å². The van der Waals surface area contributed by atoms with Gasteiger partial charge in [-0.15, -0.1) is 0 Å². The first kappa shape index (κ1) is 31.0. The number of hydrogen-bond acceptors (Lipinski definition) is 9. The van der Waals surface area contributed by atoms with Crippen LogP contribution in [0.2, 0.25) is 5.28 Å². The van der Waals surface area contributed by atoms with E-state index in [0.29, 0.717) is 73.7 Å². The molecule has 0 aliphatic carbocycles. The summed E-state index contributed by atoms with van der Waals surface area (Å²) in [6.07, 6.45) is 4.54. The maximum atomic E-state index is 14.1. The van der Waals surface area contributed by atoms with Crippen molar-refractivity contribution in [2.45, 2.75) is 76.6 Å². The van der Waals surface area contributed by atoms with Crippen LogP contribution >= 0.6 is 11.6 Å². The molecule has 3 amide bonds. The smallest absolute Gasteiger partial charge is 0.411 e. The number of likely N-dealkylation sites (tertiary alicyclic amines) is 1. The van der Waals surface area contributed by atoms with Crippen molar-refractivity contribution in [3.8, 4) is 0 Å². The molecular weight excluding hydrogens is 600 g/mol. The molecule has 0 radical (unpaired) electrons. The number of nitrogens with two attached hydrogens (primary N) is 1. The first-order valence-corrected chi connectivity index (χ1v) is 15.7. The molecule has 3 aromatic rings. The molecule has 13 nitrogen and oxygen atoms in total. The van der Waals surface area contributed by atoms with Gasteiger partial charge in [-0.1, -0.05) is 0 Å². The van der Waals surface area contributed by atoms with Crippen molar-refractivity contribution in [2.24, 2.45) is 0 Å². The summed E-state index contributed by atoms with van der Waals surface area (Å²) in [5, 5.41) is 0.795. The Bertz CT molecular complexity index is 1650. The first-order valence-electron chi connectivity index (χ1n) is 15.3. The van der Waals surface area contributed by atoms with Gasteiger partial charge < -0.3 is 29.6 Å². The van der Waals surface area contributed by atoms with Crippen molar-refractivity contribution in [1.29, 1.82) is 0 Å². The average Bonchev–Trinajstić information content (AvgIpc) is 3.68. The van der Waals surface area contributed by atoms with E-state index in [1.807, 2.05) is 25.3 Å². The van der Waals surface area contributed by atoms with Crippen LogP contribution in [-0.2, 0) is 20.8 Å². The zero-order chi connectivity index (χ0) is 32.1. The van der Waals surface area contributed by atoms with Gasteiger partial charge in [0.15, 0.2) is 0 Å². The average molecular weight is 639 g/mol. The molecule has 14 heteroatoms. The van der Waals surface area contributed by atoms with Crippen molar-refractivity contribution in [3.05, 3.63) is 41.1 Å². The van der Waals surface area contributed by atoms with Crippen molar-refractivity contribution in [3.63, 3.8) is 0 Å². The van der Waals surface area contributed by atoms with E-state index >= 15 is 0 Å². The van der Waals surface area contributed by atoms with Crippen molar-refractivity contribution >= 4 is 52.0 Å². The van der Waals surface area contributed by atoms with Gasteiger partial charge in [0.1, 0.15) is 28.3 Å². The minimum atomic E-state index is -0.978. The number of ether oxygens (including phenoxy) is 2. The molecule has 6 rings (SSSR count). The second kappa shape index (κ2) is 11.8. The molecule has 0 aromatic carbocycles. The molecule has 2 unspecified atom stereocenters. The first-order chi connectivity index (χ1) is 21.4. The molecule has 2 N–H and O–H groups in total. The summed E-state index contributed by atoms with van der Waals surface area (Å²) >= 11 is 6.15. The maximum absolute atomic E-state index is 14.1. The van der Waals surface area contributed by atoms with Gasteiger partial charge in [0.2, 0.25) is 5.28 Å². The summed E-state index contributed by atoms with van der Waals surface area (Å²) < 4.78 is 13.3. The molecule has 240 valence electrons. The van der Waals surface area contributed by atoms with Gasteiger partial charge >= 0.3 is 6.09 Å². The highest BCUT2D eigenvalue weighted by Gasteiger charge is 2.56. The lowest BCUT2D eigenvalue weighted by Crippen LogP contribution is -2.54. The van der Waals surface area contributed by atoms with Gasteiger partial charge in [0.05, 0.1) is 30.6 Å². The highest BCUT2D eigenvalue weighted by atomic mass is 35.5. The molecule has 1 spiro atoms. The monoisotopic (exact) mass is 638 g/mol. The van der Waals surface area contributed by atoms with E-state index in [1.54, 1.807) is 46.1 Å². The molecule has 0 saturated carbocycles. The van der Waals surface area contributed by atoms with Gasteiger partial charge in [-0.05, 0) is 82.7 Å².